The van der Waals surface area contributed by atoms with Crippen molar-refractivity contribution in [2.24, 2.45) is 5.92 Å². The van der Waals surface area contributed by atoms with E-state index >= 15 is 0 Å². The molecular weight excluding hydrogens is 510 g/mol. The Morgan fingerprint density at radius 3 is 2.49 bits per heavy atom. The van der Waals surface area contributed by atoms with E-state index in [2.05, 4.69) is 10.6 Å². The lowest BCUT2D eigenvalue weighted by Crippen LogP contribution is -2.31. The van der Waals surface area contributed by atoms with Crippen LogP contribution in [0.1, 0.15) is 37.0 Å². The molecule has 0 radical (unpaired) electrons. The number of hydrogen-bond acceptors (Lipinski definition) is 6. The van der Waals surface area contributed by atoms with Gasteiger partial charge >= 0.3 is 6.18 Å². The predicted octanol–water partition coefficient (Wildman–Crippen LogP) is 6.87. The number of para-hydroxylation sites is 1. The molecule has 39 heavy (non-hydrogen) atoms. The number of alkyl halides is 3. The standard InChI is InChI=1S/C29H31F4N5O/c1-38(2)27-22-5-3-4-6-25(22)36-28(37-27)35-20-10-7-18(8-11-20)16-34-17-21-12-14-26(39-21)19-9-13-24(30)23(15-19)29(31,32)33/h3-6,9,12-15,18,20,34H,7-8,10-11,16-17H2,1-2H3,(H,35,36,37). The average Bonchev–Trinajstić information content (AvgIpc) is 3.37. The van der Waals surface area contributed by atoms with Gasteiger partial charge in [-0.3, -0.25) is 0 Å². The van der Waals surface area contributed by atoms with E-state index in [-0.39, 0.29) is 11.3 Å². The van der Waals surface area contributed by atoms with Gasteiger partial charge in [0, 0.05) is 31.1 Å². The molecule has 0 aliphatic heterocycles. The molecule has 0 atom stereocenters. The lowest BCUT2D eigenvalue weighted by molar-refractivity contribution is -0.139. The molecule has 5 rings (SSSR count). The van der Waals surface area contributed by atoms with Crippen molar-refractivity contribution in [2.75, 3.05) is 30.9 Å². The third-order valence-electron chi connectivity index (χ3n) is 7.14. The normalized spacial score (nSPS) is 17.9. The smallest absolute Gasteiger partial charge is 0.419 e. The summed E-state index contributed by atoms with van der Waals surface area (Å²) in [6.07, 6.45) is -0.632. The highest BCUT2D eigenvalue weighted by Gasteiger charge is 2.34. The van der Waals surface area contributed by atoms with Crippen molar-refractivity contribution in [1.82, 2.24) is 15.3 Å². The van der Waals surface area contributed by atoms with Crippen molar-refractivity contribution in [3.05, 3.63) is 71.7 Å². The fourth-order valence-corrected chi connectivity index (χ4v) is 5.08. The van der Waals surface area contributed by atoms with Gasteiger partial charge in [0.25, 0.3) is 0 Å². The molecule has 2 N–H and O–H groups in total. The molecule has 2 aromatic heterocycles. The van der Waals surface area contributed by atoms with Crippen LogP contribution in [-0.4, -0.2) is 36.6 Å². The third-order valence-corrected chi connectivity index (χ3v) is 7.14. The molecular formula is C29H31F4N5O. The molecule has 2 aromatic carbocycles. The number of anilines is 2. The van der Waals surface area contributed by atoms with Gasteiger partial charge in [-0.1, -0.05) is 12.1 Å². The van der Waals surface area contributed by atoms with Crippen molar-refractivity contribution in [2.45, 2.75) is 44.4 Å². The summed E-state index contributed by atoms with van der Waals surface area (Å²) in [7, 11) is 3.96. The van der Waals surface area contributed by atoms with E-state index in [0.29, 0.717) is 30.2 Å². The summed E-state index contributed by atoms with van der Waals surface area (Å²) in [5, 5.41) is 7.95. The van der Waals surface area contributed by atoms with E-state index < -0.39 is 17.6 Å². The molecule has 0 spiro atoms. The summed E-state index contributed by atoms with van der Waals surface area (Å²) in [5.74, 6) is 1.64. The Morgan fingerprint density at radius 2 is 1.74 bits per heavy atom. The summed E-state index contributed by atoms with van der Waals surface area (Å²) < 4.78 is 58.4. The van der Waals surface area contributed by atoms with Crippen molar-refractivity contribution in [3.63, 3.8) is 0 Å². The van der Waals surface area contributed by atoms with Crippen LogP contribution in [0.3, 0.4) is 0 Å². The topological polar surface area (TPSA) is 66.2 Å². The molecule has 2 heterocycles. The van der Waals surface area contributed by atoms with Crippen LogP contribution in [0.5, 0.6) is 0 Å². The summed E-state index contributed by atoms with van der Waals surface area (Å²) in [6.45, 7) is 1.28. The highest BCUT2D eigenvalue weighted by Crippen LogP contribution is 2.35. The second-order valence-corrected chi connectivity index (χ2v) is 10.2. The Labute approximate surface area is 224 Å². The van der Waals surface area contributed by atoms with Gasteiger partial charge in [-0.2, -0.15) is 18.2 Å². The quantitative estimate of drug-likeness (QED) is 0.237. The zero-order valence-corrected chi connectivity index (χ0v) is 21.9. The van der Waals surface area contributed by atoms with Crippen LogP contribution in [0.25, 0.3) is 22.2 Å². The van der Waals surface area contributed by atoms with Gasteiger partial charge in [0.1, 0.15) is 23.2 Å². The van der Waals surface area contributed by atoms with Gasteiger partial charge in [0.15, 0.2) is 0 Å². The first-order valence-electron chi connectivity index (χ1n) is 13.0. The molecule has 0 saturated heterocycles. The van der Waals surface area contributed by atoms with Crippen LogP contribution in [0.15, 0.2) is 59.0 Å². The molecule has 0 unspecified atom stereocenters. The summed E-state index contributed by atoms with van der Waals surface area (Å²) >= 11 is 0. The van der Waals surface area contributed by atoms with Crippen LogP contribution < -0.4 is 15.5 Å². The second kappa shape index (κ2) is 11.2. The highest BCUT2D eigenvalue weighted by molar-refractivity contribution is 5.90. The maximum Gasteiger partial charge on any atom is 0.419 e. The highest BCUT2D eigenvalue weighted by atomic mass is 19.4. The Kier molecular flexibility index (Phi) is 7.74. The van der Waals surface area contributed by atoms with Crippen molar-refractivity contribution >= 4 is 22.7 Å². The van der Waals surface area contributed by atoms with Gasteiger partial charge in [0.05, 0.1) is 17.6 Å². The predicted molar refractivity (Wildman–Crippen MR) is 144 cm³/mol. The molecule has 1 fully saturated rings. The maximum absolute atomic E-state index is 13.6. The molecule has 1 aliphatic rings. The Morgan fingerprint density at radius 1 is 0.974 bits per heavy atom. The van der Waals surface area contributed by atoms with Gasteiger partial charge in [-0.25, -0.2) is 9.37 Å². The first-order valence-corrected chi connectivity index (χ1v) is 13.0. The monoisotopic (exact) mass is 541 g/mol. The fraction of sp³-hybridized carbons (Fsp3) is 0.379. The first-order chi connectivity index (χ1) is 18.7. The lowest BCUT2D eigenvalue weighted by atomic mass is 9.86. The van der Waals surface area contributed by atoms with Gasteiger partial charge in [-0.05, 0) is 80.6 Å². The minimum absolute atomic E-state index is 0.189. The third kappa shape index (κ3) is 6.33. The number of fused-ring (bicyclic) bond motifs is 1. The summed E-state index contributed by atoms with van der Waals surface area (Å²) in [5.41, 5.74) is -0.196. The maximum atomic E-state index is 13.6. The van der Waals surface area contributed by atoms with E-state index in [4.69, 9.17) is 14.4 Å². The molecule has 1 aliphatic carbocycles. The van der Waals surface area contributed by atoms with E-state index in [9.17, 15) is 17.6 Å². The van der Waals surface area contributed by atoms with Gasteiger partial charge in [0.2, 0.25) is 5.95 Å². The number of benzene rings is 2. The molecule has 4 aromatic rings. The van der Waals surface area contributed by atoms with Crippen molar-refractivity contribution < 1.29 is 22.0 Å². The van der Waals surface area contributed by atoms with Crippen LogP contribution in [-0.2, 0) is 12.7 Å². The summed E-state index contributed by atoms with van der Waals surface area (Å²) in [6, 6.07) is 14.5. The average molecular weight is 542 g/mol. The number of rotatable bonds is 8. The SMILES string of the molecule is CN(C)c1nc(NC2CCC(CNCc3ccc(-c4ccc(F)c(C(F)(F)F)c4)o3)CC2)nc2ccccc12. The first kappa shape index (κ1) is 26.9. The number of aromatic nitrogens is 2. The van der Waals surface area contributed by atoms with E-state index in [0.717, 1.165) is 61.1 Å². The molecule has 0 bridgehead atoms. The largest absolute Gasteiger partial charge is 0.460 e. The number of nitrogens with one attached hydrogen (secondary N) is 2. The molecule has 206 valence electrons. The van der Waals surface area contributed by atoms with E-state index in [1.807, 2.05) is 43.3 Å². The minimum atomic E-state index is -4.76. The number of halogens is 4. The Balaban J connectivity index is 1.11. The van der Waals surface area contributed by atoms with Gasteiger partial charge < -0.3 is 20.0 Å². The van der Waals surface area contributed by atoms with E-state index in [1.54, 1.807) is 12.1 Å². The fourth-order valence-electron chi connectivity index (χ4n) is 5.08. The zero-order valence-electron chi connectivity index (χ0n) is 21.9. The number of nitrogens with zero attached hydrogens (tertiary/aromatic N) is 3. The van der Waals surface area contributed by atoms with Crippen LogP contribution in [0.2, 0.25) is 0 Å². The van der Waals surface area contributed by atoms with Crippen LogP contribution >= 0.6 is 0 Å². The van der Waals surface area contributed by atoms with Crippen LogP contribution in [0, 0.1) is 11.7 Å². The lowest BCUT2D eigenvalue weighted by Gasteiger charge is -2.29. The molecule has 0 amide bonds. The van der Waals surface area contributed by atoms with E-state index in [1.165, 1.54) is 6.07 Å². The second-order valence-electron chi connectivity index (χ2n) is 10.2. The number of furan rings is 1. The minimum Gasteiger partial charge on any atom is -0.460 e. The Bertz CT molecular complexity index is 1430. The Hall–Kier alpha value is -3.66. The van der Waals surface area contributed by atoms with Gasteiger partial charge in [-0.15, -0.1) is 0 Å². The molecule has 1 saturated carbocycles. The zero-order chi connectivity index (χ0) is 27.6. The molecule has 6 nitrogen and oxygen atoms in total. The van der Waals surface area contributed by atoms with Crippen LogP contribution in [0.4, 0.5) is 29.3 Å². The van der Waals surface area contributed by atoms with Crippen molar-refractivity contribution in [1.29, 1.82) is 0 Å². The van der Waals surface area contributed by atoms with Crippen molar-refractivity contribution in [3.8, 4) is 11.3 Å². The summed E-state index contributed by atoms with van der Waals surface area (Å²) in [4.78, 5) is 11.5. The number of hydrogen-bond donors (Lipinski definition) is 2. The molecule has 10 heteroatoms.